The van der Waals surface area contributed by atoms with Crippen LogP contribution in [-0.2, 0) is 4.79 Å². The molecule has 0 aromatic carbocycles. The zero-order valence-electron chi connectivity index (χ0n) is 8.47. The zero-order valence-corrected chi connectivity index (χ0v) is 8.47. The monoisotopic (exact) mass is 185 g/mol. The Kier molecular flexibility index (Phi) is 3.27. The fraction of sp³-hybridized carbons (Fsp3) is 0.889. The molecule has 1 rings (SSSR count). The van der Waals surface area contributed by atoms with E-state index in [9.17, 15) is 4.79 Å². The summed E-state index contributed by atoms with van der Waals surface area (Å²) in [7, 11) is 3.98. The first kappa shape index (κ1) is 10.5. The number of amides is 1. The molecular formula is C9H19N3O. The van der Waals surface area contributed by atoms with Crippen LogP contribution in [0.3, 0.4) is 0 Å². The molecule has 4 heteroatoms. The molecule has 0 spiro atoms. The maximum absolute atomic E-state index is 10.9. The topological polar surface area (TPSA) is 58.4 Å². The number of hydrogen-bond donors (Lipinski definition) is 2. The number of carbonyl (C=O) groups excluding carboxylic acids is 1. The highest BCUT2D eigenvalue weighted by atomic mass is 16.1. The van der Waals surface area contributed by atoms with E-state index in [4.69, 9.17) is 5.73 Å². The number of likely N-dealkylation sites (tertiary alicyclic amines) is 1. The van der Waals surface area contributed by atoms with Gasteiger partial charge in [-0.1, -0.05) is 0 Å². The Morgan fingerprint density at radius 1 is 1.69 bits per heavy atom. The smallest absolute Gasteiger partial charge is 0.219 e. The Morgan fingerprint density at radius 2 is 2.38 bits per heavy atom. The van der Waals surface area contributed by atoms with Gasteiger partial charge in [-0.3, -0.25) is 4.79 Å². The van der Waals surface area contributed by atoms with Crippen LogP contribution in [0.5, 0.6) is 0 Å². The number of nitrogens with zero attached hydrogens (tertiary/aromatic N) is 1. The molecule has 1 saturated heterocycles. The van der Waals surface area contributed by atoms with Gasteiger partial charge in [-0.15, -0.1) is 0 Å². The van der Waals surface area contributed by atoms with Crippen LogP contribution in [0.4, 0.5) is 0 Å². The summed E-state index contributed by atoms with van der Waals surface area (Å²) in [5.74, 6) is -0.218. The number of nitrogens with one attached hydrogen (secondary N) is 1. The number of primary amides is 1. The number of rotatable bonds is 3. The van der Waals surface area contributed by atoms with Crippen LogP contribution in [0, 0.1) is 0 Å². The van der Waals surface area contributed by atoms with Crippen LogP contribution in [0.1, 0.15) is 19.3 Å². The number of carbonyl (C=O) groups is 1. The van der Waals surface area contributed by atoms with Gasteiger partial charge in [0.05, 0.1) is 0 Å². The molecule has 4 nitrogen and oxygen atoms in total. The maximum atomic E-state index is 10.9. The van der Waals surface area contributed by atoms with E-state index in [2.05, 4.69) is 17.3 Å². The fourth-order valence-corrected chi connectivity index (χ4v) is 2.13. The highest BCUT2D eigenvalue weighted by molar-refractivity contribution is 5.75. The minimum Gasteiger partial charge on any atom is -0.370 e. The van der Waals surface area contributed by atoms with E-state index in [0.717, 1.165) is 25.9 Å². The van der Waals surface area contributed by atoms with Crippen molar-refractivity contribution in [3.05, 3.63) is 0 Å². The van der Waals surface area contributed by atoms with Crippen LogP contribution in [-0.4, -0.2) is 43.5 Å². The molecule has 1 unspecified atom stereocenters. The van der Waals surface area contributed by atoms with Crippen molar-refractivity contribution in [3.8, 4) is 0 Å². The minimum atomic E-state index is -0.218. The molecule has 3 N–H and O–H groups in total. The van der Waals surface area contributed by atoms with E-state index in [1.54, 1.807) is 0 Å². The Labute approximate surface area is 79.5 Å². The largest absolute Gasteiger partial charge is 0.370 e. The van der Waals surface area contributed by atoms with Gasteiger partial charge in [-0.2, -0.15) is 0 Å². The molecule has 0 saturated carbocycles. The Balaban J connectivity index is 2.61. The first-order valence-electron chi connectivity index (χ1n) is 4.74. The summed E-state index contributed by atoms with van der Waals surface area (Å²) in [5, 5.41) is 3.24. The quantitative estimate of drug-likeness (QED) is 0.626. The molecule has 1 aliphatic rings. The highest BCUT2D eigenvalue weighted by Gasteiger charge is 2.33. The lowest BCUT2D eigenvalue weighted by Gasteiger charge is -2.40. The number of piperidine rings is 1. The van der Waals surface area contributed by atoms with Gasteiger partial charge in [-0.05, 0) is 33.5 Å². The lowest BCUT2D eigenvalue weighted by molar-refractivity contribution is -0.120. The predicted molar refractivity (Wildman–Crippen MR) is 52.3 cm³/mol. The standard InChI is InChI=1S/C9H19N3O/c1-11-9(6-8(10)13)4-3-5-12(2)7-9/h11H,3-7H2,1-2H3,(H2,10,13). The third kappa shape index (κ3) is 2.67. The SMILES string of the molecule is CNC1(CC(N)=O)CCCN(C)C1. The molecule has 1 fully saturated rings. The molecule has 0 aromatic heterocycles. The van der Waals surface area contributed by atoms with Crippen LogP contribution in [0.15, 0.2) is 0 Å². The van der Waals surface area contributed by atoms with Gasteiger partial charge in [-0.25, -0.2) is 0 Å². The molecule has 0 radical (unpaired) electrons. The fourth-order valence-electron chi connectivity index (χ4n) is 2.13. The molecule has 0 aromatic rings. The molecule has 1 aliphatic heterocycles. The van der Waals surface area contributed by atoms with Gasteiger partial charge in [0.25, 0.3) is 0 Å². The van der Waals surface area contributed by atoms with Crippen molar-refractivity contribution < 1.29 is 4.79 Å². The van der Waals surface area contributed by atoms with E-state index in [0.29, 0.717) is 6.42 Å². The molecule has 1 heterocycles. The first-order chi connectivity index (χ1) is 6.08. The van der Waals surface area contributed by atoms with E-state index >= 15 is 0 Å². The summed E-state index contributed by atoms with van der Waals surface area (Å²) in [6.07, 6.45) is 2.61. The Morgan fingerprint density at radius 3 is 2.85 bits per heavy atom. The lowest BCUT2D eigenvalue weighted by Crippen LogP contribution is -2.56. The Bertz CT molecular complexity index is 195. The van der Waals surface area contributed by atoms with Gasteiger partial charge in [0.15, 0.2) is 0 Å². The number of nitrogens with two attached hydrogens (primary N) is 1. The summed E-state index contributed by atoms with van der Waals surface area (Å²) in [4.78, 5) is 13.1. The van der Waals surface area contributed by atoms with Gasteiger partial charge < -0.3 is 16.0 Å². The molecule has 0 aliphatic carbocycles. The van der Waals surface area contributed by atoms with Crippen LogP contribution in [0.25, 0.3) is 0 Å². The molecular weight excluding hydrogens is 166 g/mol. The molecule has 13 heavy (non-hydrogen) atoms. The summed E-state index contributed by atoms with van der Waals surface area (Å²) >= 11 is 0. The van der Waals surface area contributed by atoms with E-state index in [1.165, 1.54) is 0 Å². The second-order valence-corrected chi connectivity index (χ2v) is 4.01. The molecule has 1 atom stereocenters. The van der Waals surface area contributed by atoms with Crippen LogP contribution < -0.4 is 11.1 Å². The van der Waals surface area contributed by atoms with Crippen LogP contribution in [0.2, 0.25) is 0 Å². The summed E-state index contributed by atoms with van der Waals surface area (Å²) in [6, 6.07) is 0. The van der Waals surface area contributed by atoms with Crippen molar-refractivity contribution in [1.82, 2.24) is 10.2 Å². The van der Waals surface area contributed by atoms with Crippen LogP contribution >= 0.6 is 0 Å². The van der Waals surface area contributed by atoms with Gasteiger partial charge >= 0.3 is 0 Å². The zero-order chi connectivity index (χ0) is 9.90. The van der Waals surface area contributed by atoms with Crippen molar-refractivity contribution in [2.24, 2.45) is 5.73 Å². The minimum absolute atomic E-state index is 0.0845. The summed E-state index contributed by atoms with van der Waals surface area (Å²) in [5.41, 5.74) is 5.15. The van der Waals surface area contributed by atoms with Crippen molar-refractivity contribution in [2.75, 3.05) is 27.2 Å². The average molecular weight is 185 g/mol. The highest BCUT2D eigenvalue weighted by Crippen LogP contribution is 2.22. The molecule has 76 valence electrons. The second-order valence-electron chi connectivity index (χ2n) is 4.01. The van der Waals surface area contributed by atoms with Crippen molar-refractivity contribution in [2.45, 2.75) is 24.8 Å². The number of hydrogen-bond acceptors (Lipinski definition) is 3. The van der Waals surface area contributed by atoms with E-state index in [1.807, 2.05) is 7.05 Å². The Hall–Kier alpha value is -0.610. The number of likely N-dealkylation sites (N-methyl/N-ethyl adjacent to an activating group) is 2. The maximum Gasteiger partial charge on any atom is 0.219 e. The van der Waals surface area contributed by atoms with Gasteiger partial charge in [0.1, 0.15) is 0 Å². The van der Waals surface area contributed by atoms with Crippen molar-refractivity contribution in [1.29, 1.82) is 0 Å². The molecule has 1 amide bonds. The summed E-state index contributed by atoms with van der Waals surface area (Å²) in [6.45, 7) is 2.02. The third-order valence-corrected chi connectivity index (χ3v) is 2.81. The third-order valence-electron chi connectivity index (χ3n) is 2.81. The summed E-state index contributed by atoms with van der Waals surface area (Å²) < 4.78 is 0. The molecule has 0 bridgehead atoms. The second kappa shape index (κ2) is 4.07. The average Bonchev–Trinajstić information content (AvgIpc) is 2.03. The van der Waals surface area contributed by atoms with E-state index < -0.39 is 0 Å². The van der Waals surface area contributed by atoms with Crippen molar-refractivity contribution >= 4 is 5.91 Å². The first-order valence-corrected chi connectivity index (χ1v) is 4.74. The van der Waals surface area contributed by atoms with Gasteiger partial charge in [0.2, 0.25) is 5.91 Å². The lowest BCUT2D eigenvalue weighted by atomic mass is 9.86. The van der Waals surface area contributed by atoms with E-state index in [-0.39, 0.29) is 11.4 Å². The normalized spacial score (nSPS) is 30.3. The van der Waals surface area contributed by atoms with Crippen molar-refractivity contribution in [3.63, 3.8) is 0 Å². The van der Waals surface area contributed by atoms with Gasteiger partial charge in [0, 0.05) is 18.5 Å². The predicted octanol–water partition coefficient (Wildman–Crippen LogP) is -0.454.